The van der Waals surface area contributed by atoms with Crippen LogP contribution in [0.5, 0.6) is 5.88 Å². The minimum Gasteiger partial charge on any atom is -0.474 e. The number of nitrogens with zero attached hydrogens (tertiary/aromatic N) is 1. The standard InChI is InChI=1S/C19H21FN2O3/c20-17-4-2-1-3-15(17)12-18(23)22-13-14-5-8-21-19(11-14)25-16-6-9-24-10-7-16/h1-5,8,11,16H,6-7,9-10,12-13H2,(H,22,23). The number of carbonyl (C=O) groups excluding carboxylic acids is 1. The van der Waals surface area contributed by atoms with E-state index in [4.69, 9.17) is 9.47 Å². The van der Waals surface area contributed by atoms with E-state index in [9.17, 15) is 9.18 Å². The summed E-state index contributed by atoms with van der Waals surface area (Å²) < 4.78 is 24.7. The molecule has 3 rings (SSSR count). The average molecular weight is 344 g/mol. The third-order valence-electron chi connectivity index (χ3n) is 4.05. The molecule has 2 heterocycles. The van der Waals surface area contributed by atoms with Crippen LogP contribution < -0.4 is 10.1 Å². The lowest BCUT2D eigenvalue weighted by molar-refractivity contribution is -0.120. The summed E-state index contributed by atoms with van der Waals surface area (Å²) >= 11 is 0. The number of rotatable bonds is 6. The van der Waals surface area contributed by atoms with E-state index in [1.165, 1.54) is 6.07 Å². The number of benzene rings is 1. The van der Waals surface area contributed by atoms with E-state index in [-0.39, 0.29) is 24.2 Å². The Balaban J connectivity index is 1.51. The number of amides is 1. The van der Waals surface area contributed by atoms with Gasteiger partial charge in [0.15, 0.2) is 0 Å². The molecule has 0 unspecified atom stereocenters. The predicted molar refractivity (Wildman–Crippen MR) is 90.7 cm³/mol. The molecule has 1 fully saturated rings. The number of hydrogen-bond acceptors (Lipinski definition) is 4. The van der Waals surface area contributed by atoms with E-state index < -0.39 is 0 Å². The number of aromatic nitrogens is 1. The highest BCUT2D eigenvalue weighted by Gasteiger charge is 2.16. The minimum absolute atomic E-state index is 0.0171. The molecule has 6 heteroatoms. The SMILES string of the molecule is O=C(Cc1ccccc1F)NCc1ccnc(OC2CCOCC2)c1. The molecule has 0 spiro atoms. The fourth-order valence-corrected chi connectivity index (χ4v) is 2.67. The molecule has 0 radical (unpaired) electrons. The Morgan fingerprint density at radius 3 is 2.88 bits per heavy atom. The fourth-order valence-electron chi connectivity index (χ4n) is 2.67. The summed E-state index contributed by atoms with van der Waals surface area (Å²) in [5.41, 5.74) is 1.28. The number of pyridine rings is 1. The van der Waals surface area contributed by atoms with Gasteiger partial charge in [-0.25, -0.2) is 9.37 Å². The minimum atomic E-state index is -0.367. The molecule has 2 aromatic rings. The van der Waals surface area contributed by atoms with E-state index in [1.54, 1.807) is 24.4 Å². The van der Waals surface area contributed by atoms with Crippen molar-refractivity contribution in [3.63, 3.8) is 0 Å². The van der Waals surface area contributed by atoms with Crippen LogP contribution in [0, 0.1) is 5.82 Å². The summed E-state index contributed by atoms with van der Waals surface area (Å²) in [5, 5.41) is 2.80. The summed E-state index contributed by atoms with van der Waals surface area (Å²) in [6.07, 6.45) is 3.50. The largest absolute Gasteiger partial charge is 0.474 e. The van der Waals surface area contributed by atoms with Gasteiger partial charge in [-0.1, -0.05) is 18.2 Å². The Labute approximate surface area is 146 Å². The van der Waals surface area contributed by atoms with Gasteiger partial charge in [0.1, 0.15) is 11.9 Å². The molecule has 0 bridgehead atoms. The zero-order valence-corrected chi connectivity index (χ0v) is 13.9. The van der Waals surface area contributed by atoms with Gasteiger partial charge in [0, 0.05) is 31.6 Å². The van der Waals surface area contributed by atoms with E-state index in [0.717, 1.165) is 18.4 Å². The number of halogens is 1. The quantitative estimate of drug-likeness (QED) is 0.875. The molecule has 0 atom stereocenters. The third kappa shape index (κ3) is 5.26. The second kappa shape index (κ2) is 8.58. The molecule has 5 nitrogen and oxygen atoms in total. The fraction of sp³-hybridized carbons (Fsp3) is 0.368. The van der Waals surface area contributed by atoms with Gasteiger partial charge in [-0.15, -0.1) is 0 Å². The van der Waals surface area contributed by atoms with Crippen molar-refractivity contribution in [2.75, 3.05) is 13.2 Å². The van der Waals surface area contributed by atoms with Crippen LogP contribution >= 0.6 is 0 Å². The van der Waals surface area contributed by atoms with Crippen molar-refractivity contribution < 1.29 is 18.7 Å². The van der Waals surface area contributed by atoms with Crippen LogP contribution in [0.4, 0.5) is 4.39 Å². The molecule has 0 aliphatic carbocycles. The molecular formula is C19H21FN2O3. The number of ether oxygens (including phenoxy) is 2. The van der Waals surface area contributed by atoms with Crippen molar-refractivity contribution in [3.05, 3.63) is 59.5 Å². The third-order valence-corrected chi connectivity index (χ3v) is 4.05. The zero-order chi connectivity index (χ0) is 17.5. The molecule has 1 N–H and O–H groups in total. The van der Waals surface area contributed by atoms with E-state index in [1.807, 2.05) is 12.1 Å². The van der Waals surface area contributed by atoms with Gasteiger partial charge in [0.25, 0.3) is 0 Å². The van der Waals surface area contributed by atoms with Crippen LogP contribution in [-0.2, 0) is 22.5 Å². The highest BCUT2D eigenvalue weighted by Crippen LogP contribution is 2.16. The first-order valence-corrected chi connectivity index (χ1v) is 8.40. The van der Waals surface area contributed by atoms with E-state index >= 15 is 0 Å². The van der Waals surface area contributed by atoms with Crippen LogP contribution in [-0.4, -0.2) is 30.2 Å². The molecule has 1 aromatic carbocycles. The van der Waals surface area contributed by atoms with Crippen molar-refractivity contribution in [2.45, 2.75) is 31.9 Å². The van der Waals surface area contributed by atoms with Gasteiger partial charge < -0.3 is 14.8 Å². The molecule has 1 aliphatic heterocycles. The van der Waals surface area contributed by atoms with Gasteiger partial charge in [0.05, 0.1) is 19.6 Å². The van der Waals surface area contributed by atoms with Gasteiger partial charge in [-0.3, -0.25) is 4.79 Å². The Hall–Kier alpha value is -2.47. The van der Waals surface area contributed by atoms with Gasteiger partial charge >= 0.3 is 0 Å². The number of hydrogen-bond donors (Lipinski definition) is 1. The Morgan fingerprint density at radius 1 is 1.28 bits per heavy atom. The van der Waals surface area contributed by atoms with E-state index in [2.05, 4.69) is 10.3 Å². The zero-order valence-electron chi connectivity index (χ0n) is 13.9. The summed E-state index contributed by atoms with van der Waals surface area (Å²) in [6.45, 7) is 1.76. The van der Waals surface area contributed by atoms with Gasteiger partial charge in [0.2, 0.25) is 11.8 Å². The highest BCUT2D eigenvalue weighted by molar-refractivity contribution is 5.78. The summed E-state index contributed by atoms with van der Waals surface area (Å²) in [6, 6.07) is 9.92. The number of nitrogens with one attached hydrogen (secondary N) is 1. The normalized spacial score (nSPS) is 14.9. The lowest BCUT2D eigenvalue weighted by atomic mass is 10.1. The van der Waals surface area contributed by atoms with E-state index in [0.29, 0.717) is 31.2 Å². The molecule has 1 amide bonds. The Bertz CT molecular complexity index is 717. The molecule has 1 aliphatic rings. The van der Waals surface area contributed by atoms with Crippen LogP contribution in [0.25, 0.3) is 0 Å². The molecule has 0 saturated carbocycles. The molecule has 1 saturated heterocycles. The molecule has 25 heavy (non-hydrogen) atoms. The van der Waals surface area contributed by atoms with Crippen molar-refractivity contribution in [1.29, 1.82) is 0 Å². The molecule has 132 valence electrons. The first-order valence-electron chi connectivity index (χ1n) is 8.40. The maximum absolute atomic E-state index is 13.6. The smallest absolute Gasteiger partial charge is 0.224 e. The second-order valence-corrected chi connectivity index (χ2v) is 5.98. The maximum Gasteiger partial charge on any atom is 0.224 e. The van der Waals surface area contributed by atoms with Crippen LogP contribution in [0.3, 0.4) is 0 Å². The lowest BCUT2D eigenvalue weighted by Gasteiger charge is -2.22. The predicted octanol–water partition coefficient (Wildman–Crippen LogP) is 2.64. The van der Waals surface area contributed by atoms with Crippen LogP contribution in [0.2, 0.25) is 0 Å². The molecular weight excluding hydrogens is 323 g/mol. The first-order chi connectivity index (χ1) is 12.2. The second-order valence-electron chi connectivity index (χ2n) is 5.98. The topological polar surface area (TPSA) is 60.5 Å². The van der Waals surface area contributed by atoms with Crippen molar-refractivity contribution in [3.8, 4) is 5.88 Å². The van der Waals surface area contributed by atoms with Gasteiger partial charge in [-0.05, 0) is 23.3 Å². The summed E-state index contributed by atoms with van der Waals surface area (Å²) in [4.78, 5) is 16.2. The number of carbonyl (C=O) groups is 1. The Kier molecular flexibility index (Phi) is 5.95. The van der Waals surface area contributed by atoms with Crippen molar-refractivity contribution in [2.24, 2.45) is 0 Å². The maximum atomic E-state index is 13.6. The first kappa shape index (κ1) is 17.4. The summed E-state index contributed by atoms with van der Waals surface area (Å²) in [5.74, 6) is -0.0460. The highest BCUT2D eigenvalue weighted by atomic mass is 19.1. The Morgan fingerprint density at radius 2 is 2.08 bits per heavy atom. The van der Waals surface area contributed by atoms with Crippen LogP contribution in [0.1, 0.15) is 24.0 Å². The summed E-state index contributed by atoms with van der Waals surface area (Å²) in [7, 11) is 0. The van der Waals surface area contributed by atoms with Gasteiger partial charge in [-0.2, -0.15) is 0 Å². The van der Waals surface area contributed by atoms with Crippen molar-refractivity contribution >= 4 is 5.91 Å². The van der Waals surface area contributed by atoms with Crippen LogP contribution in [0.15, 0.2) is 42.6 Å². The molecule has 1 aromatic heterocycles. The van der Waals surface area contributed by atoms with Crippen molar-refractivity contribution in [1.82, 2.24) is 10.3 Å². The lowest BCUT2D eigenvalue weighted by Crippen LogP contribution is -2.26. The monoisotopic (exact) mass is 344 g/mol. The average Bonchev–Trinajstić information content (AvgIpc) is 2.63.